The highest BCUT2D eigenvalue weighted by Crippen LogP contribution is 2.39. The lowest BCUT2D eigenvalue weighted by molar-refractivity contribution is 0.132. The van der Waals surface area contributed by atoms with Crippen molar-refractivity contribution in [2.24, 2.45) is 0 Å². The minimum absolute atomic E-state index is 0.0403. The fourth-order valence-corrected chi connectivity index (χ4v) is 4.37. The number of pyridine rings is 1. The summed E-state index contributed by atoms with van der Waals surface area (Å²) in [5, 5.41) is 33.0. The molecule has 0 spiro atoms. The molecule has 0 bridgehead atoms. The van der Waals surface area contributed by atoms with Gasteiger partial charge in [-0.05, 0) is 58.9 Å². The van der Waals surface area contributed by atoms with Gasteiger partial charge in [-0.3, -0.25) is 5.32 Å². The zero-order chi connectivity index (χ0) is 24.6. The van der Waals surface area contributed by atoms with Crippen molar-refractivity contribution in [3.05, 3.63) is 83.1 Å². The second kappa shape index (κ2) is 9.21. The molecule has 5 aromatic rings. The van der Waals surface area contributed by atoms with E-state index in [-0.39, 0.29) is 12.4 Å². The molecular weight excluding hydrogens is 463 g/mol. The first-order chi connectivity index (χ1) is 17.6. The second-order valence-electron chi connectivity index (χ2n) is 9.00. The van der Waals surface area contributed by atoms with Gasteiger partial charge in [-0.2, -0.15) is 0 Å². The summed E-state index contributed by atoms with van der Waals surface area (Å²) in [6, 6.07) is 7.65. The third kappa shape index (κ3) is 4.36. The van der Waals surface area contributed by atoms with E-state index in [9.17, 15) is 5.11 Å². The predicted molar refractivity (Wildman–Crippen MR) is 127 cm³/mol. The van der Waals surface area contributed by atoms with Crippen molar-refractivity contribution in [3.8, 4) is 5.69 Å². The third-order valence-corrected chi connectivity index (χ3v) is 6.48. The van der Waals surface area contributed by atoms with Gasteiger partial charge in [0.1, 0.15) is 23.5 Å². The lowest BCUT2D eigenvalue weighted by Gasteiger charge is -2.15. The van der Waals surface area contributed by atoms with Crippen LogP contribution in [0, 0.1) is 5.82 Å². The van der Waals surface area contributed by atoms with Gasteiger partial charge in [0.25, 0.3) is 0 Å². The molecule has 0 aliphatic heterocycles. The van der Waals surface area contributed by atoms with Crippen LogP contribution >= 0.6 is 0 Å². The summed E-state index contributed by atoms with van der Waals surface area (Å²) >= 11 is 0. The summed E-state index contributed by atoms with van der Waals surface area (Å²) in [5.74, 6) is 0.319. The smallest absolute Gasteiger partial charge is 0.151 e. The fourth-order valence-electron chi connectivity index (χ4n) is 4.37. The van der Waals surface area contributed by atoms with Gasteiger partial charge in [-0.25, -0.2) is 18.7 Å². The lowest BCUT2D eigenvalue weighted by Crippen LogP contribution is -2.23. The zero-order valence-electron chi connectivity index (χ0n) is 19.7. The van der Waals surface area contributed by atoms with E-state index in [1.165, 1.54) is 29.4 Å². The Morgan fingerprint density at radius 1 is 1.14 bits per heavy atom. The average Bonchev–Trinajstić information content (AvgIpc) is 3.24. The average molecular weight is 489 g/mol. The Morgan fingerprint density at radius 3 is 2.81 bits per heavy atom. The summed E-state index contributed by atoms with van der Waals surface area (Å²) in [7, 11) is 0. The first-order valence-corrected chi connectivity index (χ1v) is 11.9. The van der Waals surface area contributed by atoms with Crippen molar-refractivity contribution in [2.45, 2.75) is 51.4 Å². The molecule has 0 saturated heterocycles. The number of aliphatic hydroxyl groups excluding tert-OH is 1. The molecule has 1 unspecified atom stereocenters. The number of imidazole rings is 1. The topological polar surface area (TPSA) is 124 Å². The number of tetrazole rings is 1. The van der Waals surface area contributed by atoms with Crippen LogP contribution in [0.25, 0.3) is 11.3 Å². The Morgan fingerprint density at radius 2 is 2.03 bits per heavy atom. The van der Waals surface area contributed by atoms with Crippen LogP contribution in [0.1, 0.15) is 60.0 Å². The van der Waals surface area contributed by atoms with Gasteiger partial charge >= 0.3 is 0 Å². The molecule has 1 aliphatic rings. The first-order valence-electron chi connectivity index (χ1n) is 11.9. The molecule has 4 aromatic heterocycles. The summed E-state index contributed by atoms with van der Waals surface area (Å²) in [6.07, 6.45) is 9.07. The quantitative estimate of drug-likeness (QED) is 0.303. The largest absolute Gasteiger partial charge is 0.373 e. The van der Waals surface area contributed by atoms with Crippen molar-refractivity contribution < 1.29 is 9.50 Å². The summed E-state index contributed by atoms with van der Waals surface area (Å²) in [4.78, 5) is 4.66. The SMILES string of the molecule is CCc1ccc(-n2cnnn2)c(CNC(O)c2cn(Cc3cn4cc(C5CC5)ccc4n3)nn2)c1F. The van der Waals surface area contributed by atoms with Crippen LogP contribution in [-0.2, 0) is 19.5 Å². The number of benzene rings is 1. The van der Waals surface area contributed by atoms with Gasteiger partial charge in [0, 0.05) is 24.5 Å². The maximum atomic E-state index is 15.1. The van der Waals surface area contributed by atoms with Crippen LogP contribution in [0.3, 0.4) is 0 Å². The maximum absolute atomic E-state index is 15.1. The van der Waals surface area contributed by atoms with Crippen molar-refractivity contribution in [2.75, 3.05) is 0 Å². The molecule has 2 N–H and O–H groups in total. The molecule has 1 fully saturated rings. The Kier molecular flexibility index (Phi) is 5.74. The van der Waals surface area contributed by atoms with E-state index >= 15 is 4.39 Å². The van der Waals surface area contributed by atoms with E-state index in [2.05, 4.69) is 48.4 Å². The molecule has 184 valence electrons. The van der Waals surface area contributed by atoms with Crippen molar-refractivity contribution >= 4 is 5.65 Å². The van der Waals surface area contributed by atoms with Crippen LogP contribution in [0.5, 0.6) is 0 Å². The molecule has 11 nitrogen and oxygen atoms in total. The molecule has 1 aromatic carbocycles. The monoisotopic (exact) mass is 488 g/mol. The van der Waals surface area contributed by atoms with Crippen LogP contribution in [-0.4, -0.2) is 49.7 Å². The summed E-state index contributed by atoms with van der Waals surface area (Å²) in [6.45, 7) is 2.34. The predicted octanol–water partition coefficient (Wildman–Crippen LogP) is 2.31. The summed E-state index contributed by atoms with van der Waals surface area (Å²) in [5.41, 5.74) is 4.80. The van der Waals surface area contributed by atoms with Crippen molar-refractivity contribution in [1.82, 2.24) is 49.9 Å². The molecule has 4 heterocycles. The van der Waals surface area contributed by atoms with Crippen LogP contribution in [0.2, 0.25) is 0 Å². The first kappa shape index (κ1) is 22.4. The van der Waals surface area contributed by atoms with E-state index in [1.54, 1.807) is 23.0 Å². The highest BCUT2D eigenvalue weighted by molar-refractivity contribution is 5.44. The van der Waals surface area contributed by atoms with E-state index in [4.69, 9.17) is 0 Å². The lowest BCUT2D eigenvalue weighted by atomic mass is 10.0. The van der Waals surface area contributed by atoms with Gasteiger partial charge in [0.05, 0.1) is 24.1 Å². The second-order valence-corrected chi connectivity index (χ2v) is 9.00. The number of nitrogens with one attached hydrogen (secondary N) is 1. The van der Waals surface area contributed by atoms with Gasteiger partial charge in [0.2, 0.25) is 0 Å². The highest BCUT2D eigenvalue weighted by atomic mass is 19.1. The zero-order valence-corrected chi connectivity index (χ0v) is 19.7. The molecular formula is C24H25FN10O. The Balaban J connectivity index is 1.16. The van der Waals surface area contributed by atoms with Gasteiger partial charge in [-0.15, -0.1) is 10.2 Å². The standard InChI is InChI=1S/C24H25FN10O/c1-2-15-5-7-21(35-14-27-30-32-35)19(23(15)25)9-26-24(36)20-13-34(31-29-20)12-18-11-33-10-17(16-3-4-16)6-8-22(33)28-18/h5-8,10-11,13-14,16,24,26,36H,2-4,9,12H2,1H3. The summed E-state index contributed by atoms with van der Waals surface area (Å²) < 4.78 is 20.2. The van der Waals surface area contributed by atoms with E-state index in [1.807, 2.05) is 23.6 Å². The van der Waals surface area contributed by atoms with Gasteiger partial charge in [-0.1, -0.05) is 24.3 Å². The number of nitrogens with zero attached hydrogens (tertiary/aromatic N) is 9. The number of fused-ring (bicyclic) bond motifs is 1. The normalized spacial score (nSPS) is 14.5. The third-order valence-electron chi connectivity index (χ3n) is 6.48. The Hall–Kier alpha value is -4.03. The maximum Gasteiger partial charge on any atom is 0.151 e. The van der Waals surface area contributed by atoms with Crippen molar-refractivity contribution in [3.63, 3.8) is 0 Å². The minimum Gasteiger partial charge on any atom is -0.373 e. The molecule has 1 aliphatic carbocycles. The van der Waals surface area contributed by atoms with Gasteiger partial charge in [0.15, 0.2) is 6.23 Å². The number of aryl methyl sites for hydroxylation is 1. The molecule has 0 radical (unpaired) electrons. The van der Waals surface area contributed by atoms with E-state index in [0.717, 1.165) is 11.3 Å². The Labute approximate surface area is 205 Å². The molecule has 12 heteroatoms. The molecule has 0 amide bonds. The number of rotatable bonds is 9. The Bertz CT molecular complexity index is 1500. The molecule has 36 heavy (non-hydrogen) atoms. The van der Waals surface area contributed by atoms with Gasteiger partial charge < -0.3 is 9.51 Å². The number of hydrogen-bond acceptors (Lipinski definition) is 8. The highest BCUT2D eigenvalue weighted by Gasteiger charge is 2.24. The molecule has 1 atom stereocenters. The van der Waals surface area contributed by atoms with E-state index < -0.39 is 6.23 Å². The number of hydrogen-bond donors (Lipinski definition) is 2. The molecule has 1 saturated carbocycles. The van der Waals surface area contributed by atoms with Crippen LogP contribution in [0.4, 0.5) is 4.39 Å². The minimum atomic E-state index is -1.15. The van der Waals surface area contributed by atoms with Crippen LogP contribution < -0.4 is 5.32 Å². The number of aromatic nitrogens is 9. The van der Waals surface area contributed by atoms with Crippen molar-refractivity contribution in [1.29, 1.82) is 0 Å². The number of aliphatic hydroxyl groups is 1. The number of halogens is 1. The van der Waals surface area contributed by atoms with E-state index in [0.29, 0.717) is 41.4 Å². The molecule has 6 rings (SSSR count). The fraction of sp³-hybridized carbons (Fsp3) is 0.333. The van der Waals surface area contributed by atoms with Crippen LogP contribution in [0.15, 0.2) is 49.2 Å².